The van der Waals surface area contributed by atoms with Gasteiger partial charge in [0.05, 0.1) is 0 Å². The Morgan fingerprint density at radius 2 is 0.816 bits per heavy atom. The van der Waals surface area contributed by atoms with Gasteiger partial charge in [0.1, 0.15) is 11.2 Å². The first-order valence-corrected chi connectivity index (χ1v) is 16.9. The van der Waals surface area contributed by atoms with Gasteiger partial charge < -0.3 is 4.42 Å². The van der Waals surface area contributed by atoms with Crippen LogP contribution in [0.1, 0.15) is 0 Å². The number of hydrogen-bond acceptors (Lipinski definition) is 1. The van der Waals surface area contributed by atoms with E-state index >= 15 is 0 Å². The summed E-state index contributed by atoms with van der Waals surface area (Å²) in [6.45, 7) is 0. The SMILES string of the molecule is c1ccc(-c2cc(-c3c4ccccc4c(-c4ccccc4-c4ccccc4)c4ccccc34)c3c(c2)oc2c4ccccc4ccc23)cc1. The van der Waals surface area contributed by atoms with Crippen LogP contribution in [0.15, 0.2) is 186 Å². The van der Waals surface area contributed by atoms with E-state index in [0.717, 1.165) is 38.5 Å². The largest absolute Gasteiger partial charge is 0.455 e. The molecule has 0 N–H and O–H groups in total. The molecule has 10 aromatic rings. The highest BCUT2D eigenvalue weighted by Crippen LogP contribution is 2.49. The second kappa shape index (κ2) is 11.1. The monoisotopic (exact) mass is 622 g/mol. The Hall–Kier alpha value is -6.44. The molecule has 9 aromatic carbocycles. The van der Waals surface area contributed by atoms with Gasteiger partial charge in [0.2, 0.25) is 0 Å². The van der Waals surface area contributed by atoms with Crippen LogP contribution in [0.3, 0.4) is 0 Å². The predicted octanol–water partition coefficient (Wildman–Crippen LogP) is 13.7. The first-order valence-electron chi connectivity index (χ1n) is 16.9. The molecule has 0 spiro atoms. The lowest BCUT2D eigenvalue weighted by atomic mass is 9.82. The van der Waals surface area contributed by atoms with E-state index in [0.29, 0.717) is 0 Å². The number of furan rings is 1. The van der Waals surface area contributed by atoms with Crippen LogP contribution in [0, 0.1) is 0 Å². The summed E-state index contributed by atoms with van der Waals surface area (Å²) in [4.78, 5) is 0. The molecule has 0 bridgehead atoms. The molecule has 0 amide bonds. The maximum atomic E-state index is 6.87. The van der Waals surface area contributed by atoms with Crippen molar-refractivity contribution in [2.45, 2.75) is 0 Å². The van der Waals surface area contributed by atoms with E-state index in [1.54, 1.807) is 0 Å². The highest BCUT2D eigenvalue weighted by molar-refractivity contribution is 6.28. The summed E-state index contributed by atoms with van der Waals surface area (Å²) in [6.07, 6.45) is 0. The van der Waals surface area contributed by atoms with Gasteiger partial charge in [0.15, 0.2) is 0 Å². The van der Waals surface area contributed by atoms with Gasteiger partial charge in [-0.2, -0.15) is 0 Å². The van der Waals surface area contributed by atoms with Crippen LogP contribution >= 0.6 is 0 Å². The zero-order chi connectivity index (χ0) is 32.3. The zero-order valence-electron chi connectivity index (χ0n) is 26.7. The summed E-state index contributed by atoms with van der Waals surface area (Å²) in [7, 11) is 0. The molecule has 1 nitrogen and oxygen atoms in total. The van der Waals surface area contributed by atoms with Gasteiger partial charge in [-0.05, 0) is 89.6 Å². The highest BCUT2D eigenvalue weighted by Gasteiger charge is 2.23. The van der Waals surface area contributed by atoms with Crippen molar-refractivity contribution in [3.8, 4) is 44.5 Å². The van der Waals surface area contributed by atoms with Crippen molar-refractivity contribution in [1.29, 1.82) is 0 Å². The van der Waals surface area contributed by atoms with Crippen LogP contribution in [0.25, 0.3) is 98.8 Å². The molecule has 1 heteroatoms. The Bertz CT molecular complexity index is 2800. The second-order valence-corrected chi connectivity index (χ2v) is 12.8. The van der Waals surface area contributed by atoms with Crippen molar-refractivity contribution in [3.05, 3.63) is 182 Å². The molecule has 1 heterocycles. The van der Waals surface area contributed by atoms with Crippen molar-refractivity contribution in [3.63, 3.8) is 0 Å². The van der Waals surface area contributed by atoms with E-state index < -0.39 is 0 Å². The molecule has 0 unspecified atom stereocenters. The first kappa shape index (κ1) is 27.7. The van der Waals surface area contributed by atoms with Gasteiger partial charge in [-0.15, -0.1) is 0 Å². The zero-order valence-corrected chi connectivity index (χ0v) is 26.7. The summed E-state index contributed by atoms with van der Waals surface area (Å²) in [5.74, 6) is 0. The molecule has 10 rings (SSSR count). The van der Waals surface area contributed by atoms with Gasteiger partial charge in [0, 0.05) is 16.2 Å². The van der Waals surface area contributed by atoms with Gasteiger partial charge >= 0.3 is 0 Å². The molecule has 1 aromatic heterocycles. The van der Waals surface area contributed by atoms with Crippen molar-refractivity contribution in [1.82, 2.24) is 0 Å². The lowest BCUT2D eigenvalue weighted by Gasteiger charge is -2.20. The highest BCUT2D eigenvalue weighted by atomic mass is 16.3. The minimum atomic E-state index is 0.898. The maximum Gasteiger partial charge on any atom is 0.143 e. The third-order valence-electron chi connectivity index (χ3n) is 10.1. The van der Waals surface area contributed by atoms with Gasteiger partial charge in [-0.1, -0.05) is 164 Å². The number of hydrogen-bond donors (Lipinski definition) is 0. The molecule has 0 atom stereocenters. The normalized spacial score (nSPS) is 11.7. The minimum Gasteiger partial charge on any atom is -0.455 e. The van der Waals surface area contributed by atoms with Crippen LogP contribution in [0.2, 0.25) is 0 Å². The Morgan fingerprint density at radius 3 is 1.47 bits per heavy atom. The average molecular weight is 623 g/mol. The van der Waals surface area contributed by atoms with Crippen molar-refractivity contribution >= 4 is 54.3 Å². The van der Waals surface area contributed by atoms with E-state index in [2.05, 4.69) is 182 Å². The molecule has 228 valence electrons. The van der Waals surface area contributed by atoms with E-state index in [1.807, 2.05) is 0 Å². The van der Waals surface area contributed by atoms with Crippen molar-refractivity contribution in [2.75, 3.05) is 0 Å². The summed E-state index contributed by atoms with van der Waals surface area (Å²) < 4.78 is 6.87. The number of benzene rings is 9. The lowest BCUT2D eigenvalue weighted by Crippen LogP contribution is -1.93. The van der Waals surface area contributed by atoms with E-state index in [9.17, 15) is 0 Å². The Morgan fingerprint density at radius 1 is 0.306 bits per heavy atom. The van der Waals surface area contributed by atoms with Crippen LogP contribution in [-0.2, 0) is 0 Å². The molecule has 0 saturated carbocycles. The molecular weight excluding hydrogens is 593 g/mol. The Balaban J connectivity index is 1.37. The van der Waals surface area contributed by atoms with Gasteiger partial charge in [0.25, 0.3) is 0 Å². The van der Waals surface area contributed by atoms with Crippen LogP contribution in [0.4, 0.5) is 0 Å². The summed E-state index contributed by atoms with van der Waals surface area (Å²) in [5.41, 5.74) is 11.5. The predicted molar refractivity (Wildman–Crippen MR) is 208 cm³/mol. The standard InChI is InChI=1S/C48H30O/c1-3-15-31(16-4-1)34-29-43(47-42-28-27-33-19-7-8-21-36(33)48(42)49-44(47)30-34)46-40-25-13-11-23-38(40)45(39-24-12-14-26-41(39)46)37-22-10-9-20-35(37)32-17-5-2-6-18-32/h1-30H. The smallest absolute Gasteiger partial charge is 0.143 e. The molecule has 0 saturated heterocycles. The van der Waals surface area contributed by atoms with Crippen LogP contribution in [0.5, 0.6) is 0 Å². The molecule has 0 aliphatic rings. The molecule has 0 aliphatic heterocycles. The lowest BCUT2D eigenvalue weighted by molar-refractivity contribution is 0.673. The van der Waals surface area contributed by atoms with E-state index in [-0.39, 0.29) is 0 Å². The summed E-state index contributed by atoms with van der Waals surface area (Å²) >= 11 is 0. The molecular formula is C48H30O. The fourth-order valence-corrected chi connectivity index (χ4v) is 7.91. The van der Waals surface area contributed by atoms with E-state index in [4.69, 9.17) is 4.42 Å². The van der Waals surface area contributed by atoms with Crippen molar-refractivity contribution in [2.24, 2.45) is 0 Å². The fraction of sp³-hybridized carbons (Fsp3) is 0. The van der Waals surface area contributed by atoms with Crippen LogP contribution < -0.4 is 0 Å². The number of rotatable bonds is 4. The van der Waals surface area contributed by atoms with Gasteiger partial charge in [-0.3, -0.25) is 0 Å². The maximum absolute atomic E-state index is 6.87. The minimum absolute atomic E-state index is 0.898. The summed E-state index contributed by atoms with van der Waals surface area (Å²) in [5, 5.41) is 9.50. The summed E-state index contributed by atoms with van der Waals surface area (Å²) in [6, 6.07) is 65.7. The molecule has 0 fully saturated rings. The van der Waals surface area contributed by atoms with Crippen molar-refractivity contribution < 1.29 is 4.42 Å². The average Bonchev–Trinajstić information content (AvgIpc) is 3.57. The molecule has 0 radical (unpaired) electrons. The second-order valence-electron chi connectivity index (χ2n) is 12.8. The van der Waals surface area contributed by atoms with Gasteiger partial charge in [-0.25, -0.2) is 0 Å². The molecule has 49 heavy (non-hydrogen) atoms. The van der Waals surface area contributed by atoms with Crippen LogP contribution in [-0.4, -0.2) is 0 Å². The quantitative estimate of drug-likeness (QED) is 0.178. The Kier molecular flexibility index (Phi) is 6.25. The third-order valence-corrected chi connectivity index (χ3v) is 10.1. The first-order chi connectivity index (χ1) is 24.3. The molecule has 0 aliphatic carbocycles. The third kappa shape index (κ3) is 4.33. The fourth-order valence-electron chi connectivity index (χ4n) is 7.91. The Labute approximate surface area is 284 Å². The van der Waals surface area contributed by atoms with E-state index in [1.165, 1.54) is 60.3 Å². The number of fused-ring (bicyclic) bond motifs is 7. The topological polar surface area (TPSA) is 13.1 Å².